The molecule has 0 atom stereocenters. The van der Waals surface area contributed by atoms with Crippen molar-refractivity contribution in [1.82, 2.24) is 0 Å². The minimum atomic E-state index is 0.0828. The zero-order chi connectivity index (χ0) is 9.97. The average molecular weight is 188 g/mol. The van der Waals surface area contributed by atoms with Crippen LogP contribution in [-0.4, -0.2) is 11.7 Å². The Hall–Kier alpha value is -1.54. The smallest absolute Gasteiger partial charge is 0.134 e. The van der Waals surface area contributed by atoms with Crippen molar-refractivity contribution in [2.75, 3.05) is 6.61 Å². The van der Waals surface area contributed by atoms with E-state index in [9.17, 15) is 0 Å². The average Bonchev–Trinajstić information content (AvgIpc) is 2.62. The third-order valence-electron chi connectivity index (χ3n) is 2.16. The molecule has 2 rings (SSSR count). The van der Waals surface area contributed by atoms with Crippen LogP contribution in [0.2, 0.25) is 0 Å². The van der Waals surface area contributed by atoms with E-state index >= 15 is 0 Å². The molecule has 72 valence electrons. The number of hydrogen-bond donors (Lipinski definition) is 1. The second-order valence-corrected chi connectivity index (χ2v) is 3.34. The van der Waals surface area contributed by atoms with Gasteiger partial charge in [-0.05, 0) is 24.6 Å². The molecule has 2 nitrogen and oxygen atoms in total. The third kappa shape index (κ3) is 1.56. The molecule has 2 heteroatoms. The topological polar surface area (TPSA) is 33.4 Å². The van der Waals surface area contributed by atoms with E-state index in [0.717, 1.165) is 22.1 Å². The number of benzene rings is 1. The summed E-state index contributed by atoms with van der Waals surface area (Å²) in [6.07, 6.45) is 3.65. The molecule has 0 fully saturated rings. The first-order valence-electron chi connectivity index (χ1n) is 4.55. The van der Waals surface area contributed by atoms with Crippen LogP contribution in [0.15, 0.2) is 40.5 Å². The summed E-state index contributed by atoms with van der Waals surface area (Å²) >= 11 is 0. The van der Waals surface area contributed by atoms with Gasteiger partial charge in [-0.3, -0.25) is 0 Å². The summed E-state index contributed by atoms with van der Waals surface area (Å²) in [6.45, 7) is 1.97. The minimum absolute atomic E-state index is 0.0828. The molecule has 0 aliphatic carbocycles. The van der Waals surface area contributed by atoms with Crippen LogP contribution in [0.1, 0.15) is 12.5 Å². The van der Waals surface area contributed by atoms with Crippen LogP contribution >= 0.6 is 0 Å². The highest BCUT2D eigenvalue weighted by molar-refractivity contribution is 5.87. The van der Waals surface area contributed by atoms with Gasteiger partial charge in [0.1, 0.15) is 5.58 Å². The van der Waals surface area contributed by atoms with Crippen LogP contribution in [0.3, 0.4) is 0 Å². The highest BCUT2D eigenvalue weighted by atomic mass is 16.3. The Morgan fingerprint density at radius 3 is 3.00 bits per heavy atom. The quantitative estimate of drug-likeness (QED) is 0.786. The van der Waals surface area contributed by atoms with Crippen LogP contribution in [0.5, 0.6) is 0 Å². The molecule has 1 aromatic carbocycles. The first-order chi connectivity index (χ1) is 6.81. The summed E-state index contributed by atoms with van der Waals surface area (Å²) in [5.41, 5.74) is 2.83. The van der Waals surface area contributed by atoms with Crippen molar-refractivity contribution in [1.29, 1.82) is 0 Å². The zero-order valence-corrected chi connectivity index (χ0v) is 8.03. The van der Waals surface area contributed by atoms with Crippen LogP contribution in [0.25, 0.3) is 17.0 Å². The molecule has 0 unspecified atom stereocenters. The van der Waals surface area contributed by atoms with Crippen LogP contribution < -0.4 is 0 Å². The Morgan fingerprint density at radius 1 is 1.43 bits per heavy atom. The number of para-hydroxylation sites is 1. The van der Waals surface area contributed by atoms with Gasteiger partial charge in [0.15, 0.2) is 0 Å². The number of fused-ring (bicyclic) bond motifs is 1. The van der Waals surface area contributed by atoms with Crippen molar-refractivity contribution < 1.29 is 9.52 Å². The Bertz CT molecular complexity index is 466. The molecule has 0 bridgehead atoms. The lowest BCUT2D eigenvalue weighted by Crippen LogP contribution is -1.82. The summed E-state index contributed by atoms with van der Waals surface area (Å²) in [6, 6.07) is 7.86. The maximum Gasteiger partial charge on any atom is 0.134 e. The fraction of sp³-hybridized carbons (Fsp3) is 0.167. The van der Waals surface area contributed by atoms with Gasteiger partial charge >= 0.3 is 0 Å². The fourth-order valence-corrected chi connectivity index (χ4v) is 1.42. The maximum absolute atomic E-state index is 8.91. The first kappa shape index (κ1) is 9.03. The molecule has 0 amide bonds. The summed E-state index contributed by atoms with van der Waals surface area (Å²) in [5, 5.41) is 9.99. The summed E-state index contributed by atoms with van der Waals surface area (Å²) in [5.74, 6) is 0. The standard InChI is InChI=1S/C12H12O2/c1-9(7-13)6-10-8-14-12-5-3-2-4-11(10)12/h2-6,8,13H,7H2,1H3/b9-6-. The number of hydrogen-bond acceptors (Lipinski definition) is 2. The monoisotopic (exact) mass is 188 g/mol. The molecule has 0 radical (unpaired) electrons. The molecule has 14 heavy (non-hydrogen) atoms. The maximum atomic E-state index is 8.91. The van der Waals surface area contributed by atoms with Crippen molar-refractivity contribution >= 4 is 17.0 Å². The van der Waals surface area contributed by atoms with Crippen LogP contribution in [0, 0.1) is 0 Å². The highest BCUT2D eigenvalue weighted by Crippen LogP contribution is 2.22. The molecular formula is C12H12O2. The number of aliphatic hydroxyl groups excluding tert-OH is 1. The molecule has 1 heterocycles. The number of aliphatic hydroxyl groups is 1. The van der Waals surface area contributed by atoms with Gasteiger partial charge in [0.25, 0.3) is 0 Å². The van der Waals surface area contributed by atoms with Crippen LogP contribution in [0.4, 0.5) is 0 Å². The lowest BCUT2D eigenvalue weighted by atomic mass is 10.1. The van der Waals surface area contributed by atoms with E-state index in [4.69, 9.17) is 9.52 Å². The van der Waals surface area contributed by atoms with Crippen molar-refractivity contribution in [3.8, 4) is 0 Å². The molecule has 0 saturated carbocycles. The minimum Gasteiger partial charge on any atom is -0.464 e. The van der Waals surface area contributed by atoms with Gasteiger partial charge < -0.3 is 9.52 Å². The predicted molar refractivity (Wildman–Crippen MR) is 57.0 cm³/mol. The van der Waals surface area contributed by atoms with E-state index in [1.807, 2.05) is 37.3 Å². The Labute approximate surface area is 82.5 Å². The van der Waals surface area contributed by atoms with Crippen LogP contribution in [-0.2, 0) is 0 Å². The van der Waals surface area contributed by atoms with E-state index in [-0.39, 0.29) is 6.61 Å². The molecule has 1 N–H and O–H groups in total. The van der Waals surface area contributed by atoms with Crippen molar-refractivity contribution in [3.05, 3.63) is 41.7 Å². The first-order valence-corrected chi connectivity index (χ1v) is 4.55. The Balaban J connectivity index is 2.53. The summed E-state index contributed by atoms with van der Waals surface area (Å²) in [7, 11) is 0. The second-order valence-electron chi connectivity index (χ2n) is 3.34. The fourth-order valence-electron chi connectivity index (χ4n) is 1.42. The van der Waals surface area contributed by atoms with Gasteiger partial charge in [-0.25, -0.2) is 0 Å². The molecule has 2 aromatic rings. The molecule has 0 aliphatic rings. The molecule has 0 aliphatic heterocycles. The van der Waals surface area contributed by atoms with Crippen molar-refractivity contribution in [2.45, 2.75) is 6.92 Å². The number of rotatable bonds is 2. The van der Waals surface area contributed by atoms with Gasteiger partial charge in [0.2, 0.25) is 0 Å². The zero-order valence-electron chi connectivity index (χ0n) is 8.03. The third-order valence-corrected chi connectivity index (χ3v) is 2.16. The van der Waals surface area contributed by atoms with E-state index in [1.165, 1.54) is 0 Å². The van der Waals surface area contributed by atoms with E-state index in [1.54, 1.807) is 6.26 Å². The summed E-state index contributed by atoms with van der Waals surface area (Å²) < 4.78 is 5.37. The largest absolute Gasteiger partial charge is 0.464 e. The van der Waals surface area contributed by atoms with Crippen molar-refractivity contribution in [2.24, 2.45) is 0 Å². The number of furan rings is 1. The highest BCUT2D eigenvalue weighted by Gasteiger charge is 2.01. The van der Waals surface area contributed by atoms with Gasteiger partial charge in [0.05, 0.1) is 12.9 Å². The normalized spacial score (nSPS) is 12.3. The lowest BCUT2D eigenvalue weighted by molar-refractivity contribution is 0.332. The Morgan fingerprint density at radius 2 is 2.21 bits per heavy atom. The molecular weight excluding hydrogens is 176 g/mol. The van der Waals surface area contributed by atoms with E-state index in [2.05, 4.69) is 0 Å². The lowest BCUT2D eigenvalue weighted by Gasteiger charge is -1.93. The van der Waals surface area contributed by atoms with Gasteiger partial charge in [0, 0.05) is 10.9 Å². The van der Waals surface area contributed by atoms with E-state index in [0.29, 0.717) is 0 Å². The van der Waals surface area contributed by atoms with Crippen molar-refractivity contribution in [3.63, 3.8) is 0 Å². The Kier molecular flexibility index (Phi) is 2.37. The predicted octanol–water partition coefficient (Wildman–Crippen LogP) is 2.83. The summed E-state index contributed by atoms with van der Waals surface area (Å²) in [4.78, 5) is 0. The van der Waals surface area contributed by atoms with Gasteiger partial charge in [-0.2, -0.15) is 0 Å². The molecule has 0 saturated heterocycles. The van der Waals surface area contributed by atoms with E-state index < -0.39 is 0 Å². The second kappa shape index (κ2) is 3.68. The molecule has 1 aromatic heterocycles. The molecule has 0 spiro atoms. The van der Waals surface area contributed by atoms with Gasteiger partial charge in [-0.1, -0.05) is 18.2 Å². The van der Waals surface area contributed by atoms with Gasteiger partial charge in [-0.15, -0.1) is 0 Å². The SMILES string of the molecule is C/C(=C/c1coc2ccccc12)CO.